The number of rotatable bonds is 5. The van der Waals surface area contributed by atoms with Crippen LogP contribution in [-0.2, 0) is 0 Å². The van der Waals surface area contributed by atoms with Crippen LogP contribution in [0.1, 0.15) is 15.9 Å². The lowest BCUT2D eigenvalue weighted by Crippen LogP contribution is -2.27. The molecule has 0 spiro atoms. The van der Waals surface area contributed by atoms with Crippen molar-refractivity contribution in [3.63, 3.8) is 0 Å². The van der Waals surface area contributed by atoms with E-state index >= 15 is 0 Å². The molecule has 0 heterocycles. The van der Waals surface area contributed by atoms with Crippen molar-refractivity contribution >= 4 is 34.9 Å². The van der Waals surface area contributed by atoms with Crippen LogP contribution in [0.15, 0.2) is 152 Å². The van der Waals surface area contributed by atoms with E-state index in [1.165, 1.54) is 21.5 Å². The molecule has 0 saturated carbocycles. The van der Waals surface area contributed by atoms with Crippen molar-refractivity contribution in [3.05, 3.63) is 163 Å². The molecule has 166 valence electrons. The van der Waals surface area contributed by atoms with E-state index in [1.54, 1.807) is 12.1 Å². The summed E-state index contributed by atoms with van der Waals surface area (Å²) in [5, 5.41) is 4.13. The first-order valence-electron chi connectivity index (χ1n) is 11.3. The van der Waals surface area contributed by atoms with Crippen LogP contribution in [0.3, 0.4) is 0 Å². The molecule has 0 fully saturated rings. The predicted molar refractivity (Wildman–Crippen MR) is 149 cm³/mol. The number of hydrogen-bond donors (Lipinski definition) is 0. The van der Waals surface area contributed by atoms with E-state index in [0.29, 0.717) is 0 Å². The molecule has 0 aliphatic rings. The molecule has 5 aromatic carbocycles. The summed E-state index contributed by atoms with van der Waals surface area (Å²) in [7, 11) is 0. The summed E-state index contributed by atoms with van der Waals surface area (Å²) in [5.74, 6) is 2.49. The van der Waals surface area contributed by atoms with Crippen molar-refractivity contribution in [2.75, 3.05) is 0 Å². The first kappa shape index (κ1) is 23.2. The average molecular weight is 459 g/mol. The second-order valence-corrected chi connectivity index (χ2v) is 11.1. The molecule has 0 bridgehead atoms. The van der Waals surface area contributed by atoms with E-state index in [-0.39, 0.29) is 0 Å². The van der Waals surface area contributed by atoms with E-state index in [4.69, 9.17) is 0 Å². The lowest BCUT2D eigenvalue weighted by Gasteiger charge is -2.29. The maximum atomic E-state index is 10.0. The van der Waals surface area contributed by atoms with E-state index in [2.05, 4.69) is 127 Å². The smallest absolute Gasteiger partial charge is 0.150 e. The fraction of sp³-hybridized carbons (Fsp3) is 0. The Hall–Kier alpha value is -3.93. The summed E-state index contributed by atoms with van der Waals surface area (Å²) < 4.78 is 0. The minimum absolute atomic E-state index is 0.729. The van der Waals surface area contributed by atoms with Crippen LogP contribution in [0.25, 0.3) is 0 Å². The largest absolute Gasteiger partial charge is 0.298 e. The Morgan fingerprint density at radius 1 is 0.382 bits per heavy atom. The van der Waals surface area contributed by atoms with Crippen molar-refractivity contribution < 1.29 is 4.79 Å². The first-order valence-corrected chi connectivity index (χ1v) is 13.2. The van der Waals surface area contributed by atoms with Crippen LogP contribution in [0, 0.1) is 0 Å². The van der Waals surface area contributed by atoms with Crippen LogP contribution < -0.4 is 15.9 Å². The zero-order valence-electron chi connectivity index (χ0n) is 18.9. The van der Waals surface area contributed by atoms with Gasteiger partial charge in [0.25, 0.3) is 0 Å². The fourth-order valence-electron chi connectivity index (χ4n) is 3.95. The SMILES string of the molecule is C(c1ccccc1)=P(c1ccccc1)(c1ccccc1)c1ccccc1.O=Cc1ccccc1. The molecule has 0 aliphatic carbocycles. The van der Waals surface area contributed by atoms with Gasteiger partial charge in [0.2, 0.25) is 0 Å². The number of aldehydes is 1. The van der Waals surface area contributed by atoms with E-state index in [1.807, 2.05) is 18.2 Å². The fourth-order valence-corrected chi connectivity index (χ4v) is 7.84. The van der Waals surface area contributed by atoms with Gasteiger partial charge in [0.05, 0.1) is 0 Å². The molecule has 0 saturated heterocycles. The zero-order valence-corrected chi connectivity index (χ0v) is 19.8. The Labute approximate surface area is 202 Å². The topological polar surface area (TPSA) is 17.1 Å². The van der Waals surface area contributed by atoms with E-state index < -0.39 is 6.89 Å². The number of benzene rings is 5. The predicted octanol–water partition coefficient (Wildman–Crippen LogP) is 6.33. The van der Waals surface area contributed by atoms with Crippen molar-refractivity contribution in [1.29, 1.82) is 0 Å². The highest BCUT2D eigenvalue weighted by Gasteiger charge is 2.24. The van der Waals surface area contributed by atoms with Crippen molar-refractivity contribution in [3.8, 4) is 0 Å². The van der Waals surface area contributed by atoms with Gasteiger partial charge in [0.15, 0.2) is 0 Å². The van der Waals surface area contributed by atoms with Gasteiger partial charge in [-0.1, -0.05) is 152 Å². The molecule has 0 N–H and O–H groups in total. The van der Waals surface area contributed by atoms with Gasteiger partial charge >= 0.3 is 0 Å². The quantitative estimate of drug-likeness (QED) is 0.222. The third kappa shape index (κ3) is 5.52. The summed E-state index contributed by atoms with van der Waals surface area (Å²) in [4.78, 5) is 10.0. The molecule has 1 nitrogen and oxygen atoms in total. The summed E-state index contributed by atoms with van der Waals surface area (Å²) in [5.41, 5.74) is 1.99. The van der Waals surface area contributed by atoms with E-state index in [9.17, 15) is 4.79 Å². The summed E-state index contributed by atoms with van der Waals surface area (Å²) in [6.45, 7) is -1.90. The van der Waals surface area contributed by atoms with Gasteiger partial charge in [-0.05, 0) is 34.2 Å². The summed E-state index contributed by atoms with van der Waals surface area (Å²) in [6, 6.07) is 52.6. The second kappa shape index (κ2) is 11.8. The lowest BCUT2D eigenvalue weighted by atomic mass is 10.2. The molecule has 0 amide bonds. The Morgan fingerprint density at radius 2 is 0.676 bits per heavy atom. The standard InChI is InChI=1S/C25H21P.C7H6O/c1-5-13-22(14-6-1)21-26(23-15-7-2-8-16-23,24-17-9-3-10-18-24)25-19-11-4-12-20-25;8-6-7-4-2-1-3-5-7/h1-21H;1-6H. The summed E-state index contributed by atoms with van der Waals surface area (Å²) >= 11 is 0. The minimum Gasteiger partial charge on any atom is -0.298 e. The second-order valence-electron chi connectivity index (χ2n) is 7.80. The maximum Gasteiger partial charge on any atom is 0.150 e. The van der Waals surface area contributed by atoms with E-state index in [0.717, 1.165) is 11.8 Å². The molecule has 0 radical (unpaired) electrons. The van der Waals surface area contributed by atoms with Gasteiger partial charge < -0.3 is 0 Å². The highest BCUT2D eigenvalue weighted by Crippen LogP contribution is 2.44. The lowest BCUT2D eigenvalue weighted by molar-refractivity contribution is 0.112. The van der Waals surface area contributed by atoms with Crippen LogP contribution in [0.2, 0.25) is 0 Å². The first-order chi connectivity index (χ1) is 16.8. The van der Waals surface area contributed by atoms with Crippen LogP contribution in [0.5, 0.6) is 0 Å². The molecule has 0 atom stereocenters. The molecular formula is C32H27OP. The van der Waals surface area contributed by atoms with Crippen molar-refractivity contribution in [2.45, 2.75) is 0 Å². The monoisotopic (exact) mass is 458 g/mol. The zero-order chi connectivity index (χ0) is 23.5. The summed E-state index contributed by atoms with van der Waals surface area (Å²) in [6.07, 6.45) is 0.833. The normalized spacial score (nSPS) is 10.5. The molecular weight excluding hydrogens is 431 g/mol. The minimum atomic E-state index is -1.90. The molecule has 0 unspecified atom stereocenters. The third-order valence-electron chi connectivity index (χ3n) is 5.57. The van der Waals surface area contributed by atoms with Gasteiger partial charge in [0.1, 0.15) is 6.29 Å². The van der Waals surface area contributed by atoms with Crippen molar-refractivity contribution in [1.82, 2.24) is 0 Å². The Bertz CT molecular complexity index is 1230. The van der Waals surface area contributed by atoms with Gasteiger partial charge in [-0.25, -0.2) is 0 Å². The molecule has 0 aliphatic heterocycles. The van der Waals surface area contributed by atoms with Crippen molar-refractivity contribution in [2.24, 2.45) is 0 Å². The third-order valence-corrected chi connectivity index (χ3v) is 9.59. The Morgan fingerprint density at radius 3 is 0.971 bits per heavy atom. The van der Waals surface area contributed by atoms with Crippen LogP contribution >= 0.6 is 6.89 Å². The Balaban J connectivity index is 0.000000291. The van der Waals surface area contributed by atoms with Crippen LogP contribution in [-0.4, -0.2) is 12.1 Å². The van der Waals surface area contributed by atoms with Gasteiger partial charge in [-0.2, -0.15) is 0 Å². The Kier molecular flexibility index (Phi) is 8.06. The van der Waals surface area contributed by atoms with Gasteiger partial charge in [-0.15, -0.1) is 0 Å². The molecule has 2 heteroatoms. The van der Waals surface area contributed by atoms with Crippen LogP contribution in [0.4, 0.5) is 0 Å². The highest BCUT2D eigenvalue weighted by atomic mass is 31.2. The molecule has 5 rings (SSSR count). The van der Waals surface area contributed by atoms with Gasteiger partial charge in [0, 0.05) is 5.56 Å². The number of carbonyl (C=O) groups is 1. The van der Waals surface area contributed by atoms with Gasteiger partial charge in [-0.3, -0.25) is 4.79 Å². The average Bonchev–Trinajstić information content (AvgIpc) is 2.94. The molecule has 0 aromatic heterocycles. The molecule has 5 aromatic rings. The highest BCUT2D eigenvalue weighted by molar-refractivity contribution is 7.94. The maximum absolute atomic E-state index is 10.0. The number of hydrogen-bond acceptors (Lipinski definition) is 1. The molecule has 34 heavy (non-hydrogen) atoms. The number of carbonyl (C=O) groups excluding carboxylic acids is 1.